The van der Waals surface area contributed by atoms with Gasteiger partial charge in [0.2, 0.25) is 0 Å². The Labute approximate surface area is 482 Å². The Morgan fingerprint density at radius 1 is 0.217 bits per heavy atom. The molecular formula is C81H54O2. The molecule has 0 aliphatic carbocycles. The van der Waals surface area contributed by atoms with E-state index in [0.717, 1.165) is 22.1 Å². The fourth-order valence-corrected chi connectivity index (χ4v) is 13.1. The van der Waals surface area contributed by atoms with Gasteiger partial charge in [-0.2, -0.15) is 0 Å². The van der Waals surface area contributed by atoms with E-state index in [1.165, 1.54) is 137 Å². The third-order valence-electron chi connectivity index (χ3n) is 16.9. The Morgan fingerprint density at radius 2 is 0.518 bits per heavy atom. The Bertz CT molecular complexity index is 5080. The Kier molecular flexibility index (Phi) is 12.3. The van der Waals surface area contributed by atoms with Crippen LogP contribution in [0.3, 0.4) is 0 Å². The summed E-state index contributed by atoms with van der Waals surface area (Å²) in [5.74, 6) is 1.15. The maximum Gasteiger partial charge on any atom is 0.119 e. The molecule has 0 bridgehead atoms. The molecule has 390 valence electrons. The summed E-state index contributed by atoms with van der Waals surface area (Å²) >= 11 is 0. The molecule has 0 aliphatic rings. The van der Waals surface area contributed by atoms with Crippen LogP contribution in [0.4, 0.5) is 0 Å². The highest BCUT2D eigenvalue weighted by Crippen LogP contribution is 2.49. The lowest BCUT2D eigenvalue weighted by Gasteiger charge is -2.20. The molecule has 0 aromatic heterocycles. The minimum Gasteiger partial charge on any atom is -0.508 e. The van der Waals surface area contributed by atoms with Gasteiger partial charge < -0.3 is 9.84 Å². The van der Waals surface area contributed by atoms with Gasteiger partial charge in [-0.3, -0.25) is 0 Å². The van der Waals surface area contributed by atoms with Crippen LogP contribution in [-0.4, -0.2) is 12.2 Å². The van der Waals surface area contributed by atoms with Crippen molar-refractivity contribution >= 4 is 86.2 Å². The van der Waals surface area contributed by atoms with Crippen LogP contribution in [-0.2, 0) is 0 Å². The van der Waals surface area contributed by atoms with Gasteiger partial charge in [0.05, 0.1) is 7.11 Å². The lowest BCUT2D eigenvalue weighted by molar-refractivity contribution is 0.415. The monoisotopic (exact) mass is 1060 g/mol. The van der Waals surface area contributed by atoms with Crippen LogP contribution in [0.15, 0.2) is 303 Å². The molecule has 0 unspecified atom stereocenters. The van der Waals surface area contributed by atoms with Crippen LogP contribution < -0.4 is 4.74 Å². The van der Waals surface area contributed by atoms with Gasteiger partial charge in [-0.1, -0.05) is 267 Å². The molecule has 0 saturated carbocycles. The van der Waals surface area contributed by atoms with E-state index in [0.29, 0.717) is 0 Å². The zero-order valence-electron chi connectivity index (χ0n) is 45.7. The number of methoxy groups -OCH3 is 1. The highest BCUT2D eigenvalue weighted by atomic mass is 16.5. The molecule has 2 heteroatoms. The fraction of sp³-hybridized carbons (Fsp3) is 0.0123. The van der Waals surface area contributed by atoms with Crippen LogP contribution >= 0.6 is 0 Å². The Morgan fingerprint density at radius 3 is 0.904 bits per heavy atom. The molecule has 0 aliphatic heterocycles. The minimum atomic E-state index is 0.283. The summed E-state index contributed by atoms with van der Waals surface area (Å²) in [6.45, 7) is 0. The number of fused-ring (bicyclic) bond motifs is 8. The van der Waals surface area contributed by atoms with Crippen LogP contribution in [0.1, 0.15) is 0 Å². The lowest BCUT2D eigenvalue weighted by atomic mass is 9.83. The van der Waals surface area contributed by atoms with Gasteiger partial charge in [-0.15, -0.1) is 0 Å². The number of hydrogen-bond donors (Lipinski definition) is 1. The normalized spacial score (nSPS) is 11.5. The van der Waals surface area contributed by atoms with Crippen molar-refractivity contribution < 1.29 is 9.84 Å². The van der Waals surface area contributed by atoms with Crippen molar-refractivity contribution in [2.24, 2.45) is 0 Å². The van der Waals surface area contributed by atoms with Crippen molar-refractivity contribution in [3.05, 3.63) is 303 Å². The minimum absolute atomic E-state index is 0.283. The summed E-state index contributed by atoms with van der Waals surface area (Å²) in [6.07, 6.45) is 0. The quantitative estimate of drug-likeness (QED) is 0.161. The molecule has 1 N–H and O–H groups in total. The van der Waals surface area contributed by atoms with Gasteiger partial charge in [0, 0.05) is 0 Å². The second-order valence-electron chi connectivity index (χ2n) is 21.5. The van der Waals surface area contributed by atoms with E-state index in [4.69, 9.17) is 4.74 Å². The predicted molar refractivity (Wildman–Crippen MR) is 354 cm³/mol. The number of hydrogen-bond acceptors (Lipinski definition) is 2. The van der Waals surface area contributed by atoms with E-state index in [2.05, 4.69) is 279 Å². The first-order chi connectivity index (χ1) is 41.1. The lowest BCUT2D eigenvalue weighted by Crippen LogP contribution is -1.92. The van der Waals surface area contributed by atoms with Gasteiger partial charge in [0.25, 0.3) is 0 Å². The van der Waals surface area contributed by atoms with Gasteiger partial charge in [-0.25, -0.2) is 0 Å². The largest absolute Gasteiger partial charge is 0.508 e. The van der Waals surface area contributed by atoms with E-state index >= 15 is 0 Å². The van der Waals surface area contributed by atoms with Crippen molar-refractivity contribution in [1.29, 1.82) is 0 Å². The number of ether oxygens (including phenoxy) is 1. The third-order valence-corrected chi connectivity index (χ3v) is 16.9. The number of benzene rings is 16. The molecule has 0 fully saturated rings. The predicted octanol–water partition coefficient (Wildman–Crippen LogP) is 22.3. The second-order valence-corrected chi connectivity index (χ2v) is 21.5. The van der Waals surface area contributed by atoms with E-state index in [9.17, 15) is 5.11 Å². The van der Waals surface area contributed by atoms with E-state index < -0.39 is 0 Å². The van der Waals surface area contributed by atoms with Crippen LogP contribution in [0.25, 0.3) is 153 Å². The van der Waals surface area contributed by atoms with Gasteiger partial charge >= 0.3 is 0 Å². The highest BCUT2D eigenvalue weighted by Gasteiger charge is 2.22. The standard InChI is InChI=1S/C41H28O.C40H26O/c1-42-31-22-21-27-19-20-29(25-30(27)26-31)40-35-15-7-9-17-37(35)41(38-18-10-8-16-36(38)40)39-24-23-32(28-11-3-2-4-12-28)33-13-5-6-14-34(33)39;41-30-21-20-26-18-19-28(24-29(26)25-30)39-34-14-6-8-16-36(34)40(37-17-9-7-15-35(37)39)38-23-22-31(27-10-2-1-3-11-27)32-12-4-5-13-33(32)38/h2-26H,1H3;1-25,41H. The van der Waals surface area contributed by atoms with Gasteiger partial charge in [0.15, 0.2) is 0 Å². The maximum atomic E-state index is 10.2. The number of aromatic hydroxyl groups is 1. The SMILES string of the molecule is COc1ccc2ccc(-c3c4ccccc4c(-c4ccc(-c5ccccc5)c5ccccc45)c4ccccc34)cc2c1.Oc1ccc2ccc(-c3c4ccccc4c(-c4ccc(-c5ccccc5)c5ccccc45)c4ccccc34)cc2c1. The molecule has 16 aromatic rings. The van der Waals surface area contributed by atoms with Crippen LogP contribution in [0.2, 0.25) is 0 Å². The maximum absolute atomic E-state index is 10.2. The summed E-state index contributed by atoms with van der Waals surface area (Å²) in [5, 5.41) is 29.7. The van der Waals surface area contributed by atoms with Crippen molar-refractivity contribution in [2.75, 3.05) is 7.11 Å². The molecule has 0 atom stereocenters. The molecular weight excluding hydrogens is 1000 g/mol. The topological polar surface area (TPSA) is 29.5 Å². The van der Waals surface area contributed by atoms with Crippen molar-refractivity contribution in [3.8, 4) is 78.3 Å². The number of phenols is 1. The zero-order chi connectivity index (χ0) is 55.4. The second kappa shape index (κ2) is 20.7. The molecule has 0 amide bonds. The van der Waals surface area contributed by atoms with E-state index in [-0.39, 0.29) is 5.75 Å². The van der Waals surface area contributed by atoms with Crippen molar-refractivity contribution in [3.63, 3.8) is 0 Å². The molecule has 16 aromatic carbocycles. The first-order valence-electron chi connectivity index (χ1n) is 28.4. The third kappa shape index (κ3) is 8.59. The average Bonchev–Trinajstić information content (AvgIpc) is 3.62. The van der Waals surface area contributed by atoms with Crippen LogP contribution in [0, 0.1) is 0 Å². The van der Waals surface area contributed by atoms with Gasteiger partial charge in [-0.05, 0) is 189 Å². The van der Waals surface area contributed by atoms with Crippen LogP contribution in [0.5, 0.6) is 11.5 Å². The summed E-state index contributed by atoms with van der Waals surface area (Å²) in [4.78, 5) is 0. The molecule has 16 rings (SSSR count). The molecule has 0 spiro atoms. The smallest absolute Gasteiger partial charge is 0.119 e. The van der Waals surface area contributed by atoms with Gasteiger partial charge in [0.1, 0.15) is 11.5 Å². The average molecular weight is 1060 g/mol. The van der Waals surface area contributed by atoms with Crippen molar-refractivity contribution in [2.45, 2.75) is 0 Å². The molecule has 0 heterocycles. The summed E-state index contributed by atoms with van der Waals surface area (Å²) in [6, 6.07) is 109. The summed E-state index contributed by atoms with van der Waals surface area (Å²) in [5.41, 5.74) is 14.8. The molecule has 2 nitrogen and oxygen atoms in total. The number of phenolic OH excluding ortho intramolecular Hbond substituents is 1. The Hall–Kier alpha value is -10.8. The number of rotatable bonds is 7. The first kappa shape index (κ1) is 49.3. The molecule has 0 saturated heterocycles. The van der Waals surface area contributed by atoms with Crippen molar-refractivity contribution in [1.82, 2.24) is 0 Å². The van der Waals surface area contributed by atoms with E-state index in [1.807, 2.05) is 18.2 Å². The molecule has 0 radical (unpaired) electrons. The van der Waals surface area contributed by atoms with E-state index in [1.54, 1.807) is 13.2 Å². The first-order valence-corrected chi connectivity index (χ1v) is 28.4. The highest BCUT2D eigenvalue weighted by molar-refractivity contribution is 6.26. The zero-order valence-corrected chi connectivity index (χ0v) is 45.7. The Balaban J connectivity index is 0.000000142. The molecule has 83 heavy (non-hydrogen) atoms. The fourth-order valence-electron chi connectivity index (χ4n) is 13.1. The summed E-state index contributed by atoms with van der Waals surface area (Å²) in [7, 11) is 1.72. The summed E-state index contributed by atoms with van der Waals surface area (Å²) < 4.78 is 5.54.